The summed E-state index contributed by atoms with van der Waals surface area (Å²) in [6, 6.07) is 18.4. The van der Waals surface area contributed by atoms with Crippen molar-refractivity contribution in [2.24, 2.45) is 0 Å². The molecule has 0 fully saturated rings. The van der Waals surface area contributed by atoms with Crippen LogP contribution in [-0.2, 0) is 0 Å². The van der Waals surface area contributed by atoms with Crippen LogP contribution < -0.4 is 10.1 Å². The Bertz CT molecular complexity index is 1000. The average molecular weight is 383 g/mol. The molecule has 6 nitrogen and oxygen atoms in total. The third-order valence-corrected chi connectivity index (χ3v) is 4.06. The molecule has 3 aromatic carbocycles. The van der Waals surface area contributed by atoms with Gasteiger partial charge in [-0.3, -0.25) is 14.9 Å². The molecular weight excluding hydrogens is 368 g/mol. The van der Waals surface area contributed by atoms with Gasteiger partial charge in [-0.25, -0.2) is 0 Å². The molecule has 0 saturated carbocycles. The van der Waals surface area contributed by atoms with Crippen molar-refractivity contribution in [3.63, 3.8) is 0 Å². The van der Waals surface area contributed by atoms with Crippen molar-refractivity contribution in [1.82, 2.24) is 0 Å². The van der Waals surface area contributed by atoms with Crippen LogP contribution in [0.25, 0.3) is 0 Å². The van der Waals surface area contributed by atoms with Crippen LogP contribution in [0.2, 0.25) is 5.02 Å². The molecule has 27 heavy (non-hydrogen) atoms. The molecule has 3 aromatic rings. The lowest BCUT2D eigenvalue weighted by Crippen LogP contribution is -2.12. The van der Waals surface area contributed by atoms with Crippen LogP contribution >= 0.6 is 11.6 Å². The van der Waals surface area contributed by atoms with Gasteiger partial charge in [-0.1, -0.05) is 23.7 Å². The van der Waals surface area contributed by atoms with Crippen LogP contribution in [0.5, 0.6) is 11.5 Å². The Hall–Kier alpha value is -3.38. The fourth-order valence-corrected chi connectivity index (χ4v) is 2.60. The largest absolute Gasteiger partial charge is 0.457 e. The van der Waals surface area contributed by atoms with Gasteiger partial charge in [0.2, 0.25) is 0 Å². The normalized spacial score (nSPS) is 10.3. The topological polar surface area (TPSA) is 81.5 Å². The molecule has 0 atom stereocenters. The molecule has 0 bridgehead atoms. The summed E-state index contributed by atoms with van der Waals surface area (Å²) in [4.78, 5) is 22.6. The number of anilines is 1. The maximum Gasteiger partial charge on any atom is 0.288 e. The standard InChI is InChI=1S/C20H15ClN2O4/c1-13-3-2-4-17(11-13)27-16-8-6-15(7-9-16)22-20(24)14-5-10-18(21)19(12-14)23(25)26/h2-12H,1H3,(H,22,24). The van der Waals surface area contributed by atoms with E-state index in [1.807, 2.05) is 31.2 Å². The van der Waals surface area contributed by atoms with Crippen LogP contribution in [0, 0.1) is 17.0 Å². The number of amides is 1. The minimum atomic E-state index is -0.628. The molecule has 1 amide bonds. The van der Waals surface area contributed by atoms with E-state index >= 15 is 0 Å². The zero-order chi connectivity index (χ0) is 19.4. The number of nitrogens with one attached hydrogen (secondary N) is 1. The van der Waals surface area contributed by atoms with E-state index in [1.54, 1.807) is 24.3 Å². The SMILES string of the molecule is Cc1cccc(Oc2ccc(NC(=O)c3ccc(Cl)c([N+](=O)[O-])c3)cc2)c1. The van der Waals surface area contributed by atoms with Crippen molar-refractivity contribution < 1.29 is 14.5 Å². The van der Waals surface area contributed by atoms with Crippen molar-refractivity contribution in [2.45, 2.75) is 6.92 Å². The van der Waals surface area contributed by atoms with Crippen molar-refractivity contribution in [2.75, 3.05) is 5.32 Å². The number of benzene rings is 3. The third kappa shape index (κ3) is 4.62. The lowest BCUT2D eigenvalue weighted by Gasteiger charge is -2.09. The van der Waals surface area contributed by atoms with Crippen LogP contribution in [0.15, 0.2) is 66.7 Å². The highest BCUT2D eigenvalue weighted by Gasteiger charge is 2.16. The Morgan fingerprint density at radius 2 is 1.78 bits per heavy atom. The molecule has 7 heteroatoms. The number of carbonyl (C=O) groups excluding carboxylic acids is 1. The highest BCUT2D eigenvalue weighted by molar-refractivity contribution is 6.32. The summed E-state index contributed by atoms with van der Waals surface area (Å²) in [6.07, 6.45) is 0. The first-order chi connectivity index (χ1) is 12.9. The summed E-state index contributed by atoms with van der Waals surface area (Å²) in [5.41, 5.74) is 1.46. The molecule has 1 N–H and O–H groups in total. The third-order valence-electron chi connectivity index (χ3n) is 3.74. The highest BCUT2D eigenvalue weighted by Crippen LogP contribution is 2.26. The minimum absolute atomic E-state index is 0.0193. The van der Waals surface area contributed by atoms with Gasteiger partial charge < -0.3 is 10.1 Å². The molecule has 0 saturated heterocycles. The summed E-state index contributed by atoms with van der Waals surface area (Å²) >= 11 is 5.76. The summed E-state index contributed by atoms with van der Waals surface area (Å²) in [5, 5.41) is 13.6. The van der Waals surface area contributed by atoms with E-state index in [0.29, 0.717) is 11.4 Å². The van der Waals surface area contributed by atoms with E-state index in [1.165, 1.54) is 12.1 Å². The van der Waals surface area contributed by atoms with E-state index in [4.69, 9.17) is 16.3 Å². The molecule has 0 aromatic heterocycles. The summed E-state index contributed by atoms with van der Waals surface area (Å²) in [6.45, 7) is 1.98. The average Bonchev–Trinajstić information content (AvgIpc) is 2.63. The Morgan fingerprint density at radius 3 is 2.44 bits per heavy atom. The van der Waals surface area contributed by atoms with E-state index in [-0.39, 0.29) is 16.3 Å². The summed E-state index contributed by atoms with van der Waals surface area (Å²) < 4.78 is 5.76. The molecular formula is C20H15ClN2O4. The zero-order valence-electron chi connectivity index (χ0n) is 14.3. The van der Waals surface area contributed by atoms with Crippen molar-refractivity contribution in [1.29, 1.82) is 0 Å². The van der Waals surface area contributed by atoms with Gasteiger partial charge in [0, 0.05) is 17.3 Å². The Kier molecular flexibility index (Phi) is 5.38. The van der Waals surface area contributed by atoms with E-state index < -0.39 is 10.8 Å². The number of aryl methyl sites for hydroxylation is 1. The second kappa shape index (κ2) is 7.88. The predicted molar refractivity (Wildman–Crippen MR) is 104 cm³/mol. The van der Waals surface area contributed by atoms with Gasteiger partial charge in [-0.05, 0) is 61.0 Å². The number of nitrogens with zero attached hydrogens (tertiary/aromatic N) is 1. The van der Waals surface area contributed by atoms with E-state index in [9.17, 15) is 14.9 Å². The molecule has 0 radical (unpaired) electrons. The molecule has 0 aliphatic carbocycles. The maximum absolute atomic E-state index is 12.3. The quantitative estimate of drug-likeness (QED) is 0.460. The first-order valence-corrected chi connectivity index (χ1v) is 8.40. The first kappa shape index (κ1) is 18.4. The van der Waals surface area contributed by atoms with Gasteiger partial charge in [0.05, 0.1) is 4.92 Å². The lowest BCUT2D eigenvalue weighted by molar-refractivity contribution is -0.384. The molecule has 0 aliphatic rings. The number of carbonyl (C=O) groups is 1. The van der Waals surface area contributed by atoms with Crippen LogP contribution in [-0.4, -0.2) is 10.8 Å². The Labute approximate surface area is 160 Å². The number of nitro benzene ring substituents is 1. The smallest absolute Gasteiger partial charge is 0.288 e. The van der Waals surface area contributed by atoms with Crippen LogP contribution in [0.1, 0.15) is 15.9 Å². The highest BCUT2D eigenvalue weighted by atomic mass is 35.5. The van der Waals surface area contributed by atoms with Gasteiger partial charge in [0.1, 0.15) is 16.5 Å². The molecule has 136 valence electrons. The summed E-state index contributed by atoms with van der Waals surface area (Å²) in [7, 11) is 0. The second-order valence-electron chi connectivity index (χ2n) is 5.82. The number of hydrogen-bond donors (Lipinski definition) is 1. The number of ether oxygens (including phenoxy) is 1. The molecule has 0 heterocycles. The number of hydrogen-bond acceptors (Lipinski definition) is 4. The van der Waals surface area contributed by atoms with Gasteiger partial charge in [-0.15, -0.1) is 0 Å². The van der Waals surface area contributed by atoms with Crippen molar-refractivity contribution in [3.05, 3.63) is 93.0 Å². The monoisotopic (exact) mass is 382 g/mol. The minimum Gasteiger partial charge on any atom is -0.457 e. The predicted octanol–water partition coefficient (Wildman–Crippen LogP) is 5.60. The number of halogens is 1. The number of nitro groups is 1. The van der Waals surface area contributed by atoms with Gasteiger partial charge >= 0.3 is 0 Å². The van der Waals surface area contributed by atoms with Gasteiger partial charge in [0.25, 0.3) is 11.6 Å². The van der Waals surface area contributed by atoms with Gasteiger partial charge in [0.15, 0.2) is 0 Å². The van der Waals surface area contributed by atoms with Crippen molar-refractivity contribution >= 4 is 28.9 Å². The first-order valence-electron chi connectivity index (χ1n) is 8.02. The Balaban J connectivity index is 1.70. The number of rotatable bonds is 5. The fraction of sp³-hybridized carbons (Fsp3) is 0.0500. The summed E-state index contributed by atoms with van der Waals surface area (Å²) in [5.74, 6) is 0.878. The molecule has 0 spiro atoms. The zero-order valence-corrected chi connectivity index (χ0v) is 15.1. The van der Waals surface area contributed by atoms with E-state index in [0.717, 1.165) is 17.4 Å². The van der Waals surface area contributed by atoms with Gasteiger partial charge in [-0.2, -0.15) is 0 Å². The Morgan fingerprint density at radius 1 is 1.04 bits per heavy atom. The maximum atomic E-state index is 12.3. The molecule has 0 unspecified atom stereocenters. The van der Waals surface area contributed by atoms with Crippen molar-refractivity contribution in [3.8, 4) is 11.5 Å². The van der Waals surface area contributed by atoms with Crippen LogP contribution in [0.3, 0.4) is 0 Å². The lowest BCUT2D eigenvalue weighted by atomic mass is 10.2. The van der Waals surface area contributed by atoms with E-state index in [2.05, 4.69) is 5.32 Å². The molecule has 3 rings (SSSR count). The second-order valence-corrected chi connectivity index (χ2v) is 6.23. The van der Waals surface area contributed by atoms with Crippen LogP contribution in [0.4, 0.5) is 11.4 Å². The molecule has 0 aliphatic heterocycles. The fourth-order valence-electron chi connectivity index (χ4n) is 2.42.